The third-order valence-corrected chi connectivity index (χ3v) is 6.73. The molecule has 1 N–H and O–H groups in total. The van der Waals surface area contributed by atoms with Crippen molar-refractivity contribution in [2.75, 3.05) is 20.8 Å². The Kier molecular flexibility index (Phi) is 4.52. The van der Waals surface area contributed by atoms with Crippen LogP contribution in [0.2, 0.25) is 0 Å². The SMILES string of the molecule is COc1cc2c(cc1OC)[C@]1(c3ccccc3)C[C@@](O)(c3ccccc3)C(=O)N1CC2. The first-order valence-electron chi connectivity index (χ1n) is 10.5. The molecule has 31 heavy (non-hydrogen) atoms. The van der Waals surface area contributed by atoms with E-state index in [0.717, 1.165) is 16.7 Å². The zero-order chi connectivity index (χ0) is 21.6. The van der Waals surface area contributed by atoms with E-state index in [9.17, 15) is 9.90 Å². The van der Waals surface area contributed by atoms with Crippen LogP contribution in [0.25, 0.3) is 0 Å². The van der Waals surface area contributed by atoms with Gasteiger partial charge in [0.05, 0.1) is 19.8 Å². The topological polar surface area (TPSA) is 59.0 Å². The van der Waals surface area contributed by atoms with Gasteiger partial charge in [-0.05, 0) is 40.8 Å². The van der Waals surface area contributed by atoms with Crippen LogP contribution in [0.4, 0.5) is 0 Å². The zero-order valence-corrected chi connectivity index (χ0v) is 17.7. The molecule has 5 heteroatoms. The summed E-state index contributed by atoms with van der Waals surface area (Å²) in [4.78, 5) is 15.6. The normalized spacial score (nSPS) is 24.5. The first-order chi connectivity index (χ1) is 15.0. The maximum atomic E-state index is 13.7. The Morgan fingerprint density at radius 1 is 0.871 bits per heavy atom. The first kappa shape index (κ1) is 19.6. The molecular formula is C26H25NO4. The Morgan fingerprint density at radius 2 is 1.45 bits per heavy atom. The highest BCUT2D eigenvalue weighted by Crippen LogP contribution is 2.56. The van der Waals surface area contributed by atoms with Gasteiger partial charge in [0, 0.05) is 13.0 Å². The highest BCUT2D eigenvalue weighted by atomic mass is 16.5. The second-order valence-electron chi connectivity index (χ2n) is 8.20. The van der Waals surface area contributed by atoms with Crippen molar-refractivity contribution in [2.45, 2.75) is 24.0 Å². The summed E-state index contributed by atoms with van der Waals surface area (Å²) in [6, 6.07) is 23.2. The zero-order valence-electron chi connectivity index (χ0n) is 17.7. The fourth-order valence-electron chi connectivity index (χ4n) is 5.28. The van der Waals surface area contributed by atoms with Crippen LogP contribution in [-0.2, 0) is 22.4 Å². The van der Waals surface area contributed by atoms with E-state index >= 15 is 0 Å². The van der Waals surface area contributed by atoms with Crippen molar-refractivity contribution in [1.29, 1.82) is 0 Å². The fraction of sp³-hybridized carbons (Fsp3) is 0.269. The lowest BCUT2D eigenvalue weighted by Crippen LogP contribution is -2.49. The van der Waals surface area contributed by atoms with Crippen molar-refractivity contribution >= 4 is 5.91 Å². The lowest BCUT2D eigenvalue weighted by molar-refractivity contribution is -0.145. The Labute approximate surface area is 181 Å². The first-order valence-corrected chi connectivity index (χ1v) is 10.5. The minimum absolute atomic E-state index is 0.231. The third-order valence-electron chi connectivity index (χ3n) is 6.73. The van der Waals surface area contributed by atoms with Gasteiger partial charge in [-0.2, -0.15) is 0 Å². The number of carbonyl (C=O) groups is 1. The van der Waals surface area contributed by atoms with Gasteiger partial charge in [-0.1, -0.05) is 60.7 Å². The summed E-state index contributed by atoms with van der Waals surface area (Å²) in [5.74, 6) is 1.02. The van der Waals surface area contributed by atoms with Gasteiger partial charge in [0.2, 0.25) is 0 Å². The van der Waals surface area contributed by atoms with Gasteiger partial charge in [-0.3, -0.25) is 4.79 Å². The summed E-state index contributed by atoms with van der Waals surface area (Å²) in [6.45, 7) is 0.519. The third kappa shape index (κ3) is 2.70. The summed E-state index contributed by atoms with van der Waals surface area (Å²) in [6.07, 6.45) is 0.913. The van der Waals surface area contributed by atoms with Gasteiger partial charge in [-0.25, -0.2) is 0 Å². The summed E-state index contributed by atoms with van der Waals surface area (Å²) < 4.78 is 11.1. The van der Waals surface area contributed by atoms with Gasteiger partial charge < -0.3 is 19.5 Å². The van der Waals surface area contributed by atoms with Crippen LogP contribution in [0, 0.1) is 0 Å². The number of carbonyl (C=O) groups excluding carboxylic acids is 1. The molecule has 2 atom stereocenters. The van der Waals surface area contributed by atoms with Crippen LogP contribution in [0.3, 0.4) is 0 Å². The average Bonchev–Trinajstić information content (AvgIpc) is 3.08. The Hall–Kier alpha value is -3.31. The second kappa shape index (κ2) is 7.13. The van der Waals surface area contributed by atoms with Gasteiger partial charge in [-0.15, -0.1) is 0 Å². The van der Waals surface area contributed by atoms with Crippen molar-refractivity contribution in [2.24, 2.45) is 0 Å². The van der Waals surface area contributed by atoms with E-state index in [1.165, 1.54) is 0 Å². The van der Waals surface area contributed by atoms with E-state index < -0.39 is 11.1 Å². The van der Waals surface area contributed by atoms with Crippen LogP contribution < -0.4 is 9.47 Å². The molecule has 158 valence electrons. The molecule has 0 spiro atoms. The summed E-state index contributed by atoms with van der Waals surface area (Å²) >= 11 is 0. The number of hydrogen-bond acceptors (Lipinski definition) is 4. The molecule has 3 aromatic carbocycles. The van der Waals surface area contributed by atoms with Crippen molar-refractivity contribution in [3.8, 4) is 11.5 Å². The monoisotopic (exact) mass is 415 g/mol. The molecule has 2 aliphatic heterocycles. The number of methoxy groups -OCH3 is 2. The summed E-state index contributed by atoms with van der Waals surface area (Å²) in [5, 5.41) is 11.8. The average molecular weight is 415 g/mol. The number of rotatable bonds is 4. The van der Waals surface area contributed by atoms with Crippen LogP contribution in [0.5, 0.6) is 11.5 Å². The van der Waals surface area contributed by atoms with Crippen LogP contribution in [0.15, 0.2) is 72.8 Å². The molecule has 0 saturated carbocycles. The molecule has 5 rings (SSSR count). The molecule has 0 bridgehead atoms. The maximum absolute atomic E-state index is 13.7. The van der Waals surface area contributed by atoms with E-state index in [-0.39, 0.29) is 12.3 Å². The number of nitrogens with zero attached hydrogens (tertiary/aromatic N) is 1. The van der Waals surface area contributed by atoms with Crippen molar-refractivity contribution in [1.82, 2.24) is 4.90 Å². The molecule has 1 saturated heterocycles. The number of hydrogen-bond donors (Lipinski definition) is 1. The minimum Gasteiger partial charge on any atom is -0.493 e. The highest BCUT2D eigenvalue weighted by Gasteiger charge is 2.62. The summed E-state index contributed by atoms with van der Waals surface area (Å²) in [7, 11) is 3.24. The Bertz CT molecular complexity index is 1130. The van der Waals surface area contributed by atoms with Gasteiger partial charge in [0.1, 0.15) is 0 Å². The van der Waals surface area contributed by atoms with Gasteiger partial charge in [0.25, 0.3) is 5.91 Å². The molecule has 0 aromatic heterocycles. The molecule has 0 aliphatic carbocycles. The molecular weight excluding hydrogens is 390 g/mol. The molecule has 0 unspecified atom stereocenters. The molecule has 2 aliphatic rings. The van der Waals surface area contributed by atoms with Crippen LogP contribution >= 0.6 is 0 Å². The van der Waals surface area contributed by atoms with E-state index in [1.807, 2.05) is 77.7 Å². The highest BCUT2D eigenvalue weighted by molar-refractivity contribution is 5.91. The Balaban J connectivity index is 1.79. The minimum atomic E-state index is -1.61. The predicted molar refractivity (Wildman–Crippen MR) is 117 cm³/mol. The van der Waals surface area contributed by atoms with Crippen molar-refractivity contribution < 1.29 is 19.4 Å². The molecule has 0 radical (unpaired) electrons. The number of ether oxygens (including phenoxy) is 2. The van der Waals surface area contributed by atoms with E-state index in [0.29, 0.717) is 30.0 Å². The largest absolute Gasteiger partial charge is 0.493 e. The number of aliphatic hydroxyl groups is 1. The van der Waals surface area contributed by atoms with Gasteiger partial charge >= 0.3 is 0 Å². The van der Waals surface area contributed by atoms with Crippen molar-refractivity contribution in [3.63, 3.8) is 0 Å². The summed E-state index contributed by atoms with van der Waals surface area (Å²) in [5.41, 5.74) is 1.27. The van der Waals surface area contributed by atoms with Crippen LogP contribution in [-0.4, -0.2) is 36.7 Å². The van der Waals surface area contributed by atoms with Crippen molar-refractivity contribution in [3.05, 3.63) is 95.1 Å². The number of amides is 1. The standard InChI is InChI=1S/C26H25NO4/c1-30-22-15-18-13-14-27-24(28)26(29,20-11-7-4-8-12-20)17-25(27,19-9-5-3-6-10-19)21(18)16-23(22)31-2/h3-12,15-16,29H,13-14,17H2,1-2H3/t25-,26-/m1/s1. The Morgan fingerprint density at radius 3 is 2.06 bits per heavy atom. The molecule has 1 fully saturated rings. The fourth-order valence-corrected chi connectivity index (χ4v) is 5.28. The van der Waals surface area contributed by atoms with Crippen LogP contribution in [0.1, 0.15) is 28.7 Å². The van der Waals surface area contributed by atoms with E-state index in [4.69, 9.17) is 9.47 Å². The molecule has 5 nitrogen and oxygen atoms in total. The lowest BCUT2D eigenvalue weighted by atomic mass is 9.72. The van der Waals surface area contributed by atoms with E-state index in [1.54, 1.807) is 14.2 Å². The quantitative estimate of drug-likeness (QED) is 0.707. The number of benzene rings is 3. The smallest absolute Gasteiger partial charge is 0.260 e. The van der Waals surface area contributed by atoms with E-state index in [2.05, 4.69) is 0 Å². The lowest BCUT2D eigenvalue weighted by Gasteiger charge is -2.44. The maximum Gasteiger partial charge on any atom is 0.260 e. The van der Waals surface area contributed by atoms with Gasteiger partial charge in [0.15, 0.2) is 17.1 Å². The second-order valence-corrected chi connectivity index (χ2v) is 8.20. The number of fused-ring (bicyclic) bond motifs is 3. The predicted octanol–water partition coefficient (Wildman–Crippen LogP) is 3.62. The molecule has 2 heterocycles. The molecule has 3 aromatic rings. The molecule has 1 amide bonds.